The molecule has 2 amide bonds. The molecule has 0 aliphatic carbocycles. The molecule has 0 saturated carbocycles. The zero-order valence-electron chi connectivity index (χ0n) is 21.0. The molecule has 0 unspecified atom stereocenters. The van der Waals surface area contributed by atoms with Crippen LogP contribution in [0.2, 0.25) is 0 Å². The molecule has 3 aromatic carbocycles. The predicted octanol–water partition coefficient (Wildman–Crippen LogP) is 5.80. The number of amides is 2. The Hall–Kier alpha value is -4.39. The third-order valence-corrected chi connectivity index (χ3v) is 6.88. The van der Waals surface area contributed by atoms with Gasteiger partial charge in [-0.3, -0.25) is 10.1 Å². The zero-order valence-corrected chi connectivity index (χ0v) is 21.0. The summed E-state index contributed by atoms with van der Waals surface area (Å²) in [5.74, 6) is 0.790. The van der Waals surface area contributed by atoms with Crippen LogP contribution in [0.1, 0.15) is 45.8 Å². The van der Waals surface area contributed by atoms with Gasteiger partial charge in [0.05, 0.1) is 25.0 Å². The van der Waals surface area contributed by atoms with Crippen LogP contribution in [-0.2, 0) is 24.0 Å². The molecule has 0 radical (unpaired) electrons. The maximum atomic E-state index is 13.7. The van der Waals surface area contributed by atoms with E-state index >= 15 is 0 Å². The Morgan fingerprint density at radius 1 is 1.08 bits per heavy atom. The lowest BCUT2D eigenvalue weighted by Crippen LogP contribution is -2.41. The van der Waals surface area contributed by atoms with Crippen molar-refractivity contribution in [3.05, 3.63) is 107 Å². The highest BCUT2D eigenvalue weighted by Crippen LogP contribution is 2.31. The summed E-state index contributed by atoms with van der Waals surface area (Å²) in [5.41, 5.74) is 6.71. The number of rotatable bonds is 7. The lowest BCUT2D eigenvalue weighted by molar-refractivity contribution is 0.0648. The number of aromatic amines is 1. The normalized spacial score (nSPS) is 13.7. The number of H-pyrrole nitrogens is 1. The minimum Gasteiger partial charge on any atom is -0.453 e. The lowest BCUT2D eigenvalue weighted by Gasteiger charge is -2.35. The molecule has 188 valence electrons. The smallest absolute Gasteiger partial charge is 0.411 e. The minimum atomic E-state index is -0.515. The van der Waals surface area contributed by atoms with Gasteiger partial charge in [0.2, 0.25) is 0 Å². The van der Waals surface area contributed by atoms with Gasteiger partial charge in [0, 0.05) is 24.2 Å². The summed E-state index contributed by atoms with van der Waals surface area (Å²) in [4.78, 5) is 35.3. The average molecular weight is 495 g/mol. The molecule has 0 bridgehead atoms. The number of anilines is 1. The number of imidazole rings is 1. The highest BCUT2D eigenvalue weighted by molar-refractivity contribution is 5.97. The number of aryl methyl sites for hydroxylation is 1. The van der Waals surface area contributed by atoms with Crippen LogP contribution in [0.3, 0.4) is 0 Å². The third kappa shape index (κ3) is 5.26. The van der Waals surface area contributed by atoms with E-state index in [1.54, 1.807) is 6.20 Å². The fourth-order valence-corrected chi connectivity index (χ4v) is 4.82. The van der Waals surface area contributed by atoms with Gasteiger partial charge in [-0.1, -0.05) is 61.5 Å². The van der Waals surface area contributed by atoms with Crippen LogP contribution in [0.4, 0.5) is 10.5 Å². The first-order chi connectivity index (χ1) is 18.1. The molecule has 0 fully saturated rings. The Morgan fingerprint density at radius 2 is 1.86 bits per heavy atom. The molecular formula is C30H30N4O3. The van der Waals surface area contributed by atoms with Gasteiger partial charge in [0.15, 0.2) is 0 Å². The van der Waals surface area contributed by atoms with Crippen molar-refractivity contribution >= 4 is 17.7 Å². The van der Waals surface area contributed by atoms with Crippen molar-refractivity contribution in [2.24, 2.45) is 0 Å². The van der Waals surface area contributed by atoms with E-state index in [2.05, 4.69) is 46.2 Å². The van der Waals surface area contributed by atoms with Crippen LogP contribution >= 0.6 is 0 Å². The van der Waals surface area contributed by atoms with Crippen molar-refractivity contribution in [1.29, 1.82) is 0 Å². The molecule has 2 N–H and O–H groups in total. The highest BCUT2D eigenvalue weighted by atomic mass is 16.5. The van der Waals surface area contributed by atoms with Gasteiger partial charge in [-0.05, 0) is 53.3 Å². The SMILES string of the molecule is CCc1ccc2c(c1)CCN([C@@H](Cc1ccccc1)c1ncc(-c3ccc(NC(=O)OC)cc3)[nH]1)C2=O. The summed E-state index contributed by atoms with van der Waals surface area (Å²) in [5, 5.41) is 2.65. The summed E-state index contributed by atoms with van der Waals surface area (Å²) in [7, 11) is 1.33. The van der Waals surface area contributed by atoms with Crippen LogP contribution in [0.25, 0.3) is 11.3 Å². The predicted molar refractivity (Wildman–Crippen MR) is 143 cm³/mol. The summed E-state index contributed by atoms with van der Waals surface area (Å²) in [6, 6.07) is 23.6. The summed E-state index contributed by atoms with van der Waals surface area (Å²) in [6.07, 6.45) is 3.72. The monoisotopic (exact) mass is 494 g/mol. The minimum absolute atomic E-state index is 0.0426. The molecule has 2 heterocycles. The molecule has 7 heteroatoms. The molecule has 1 aromatic heterocycles. The Labute approximate surface area is 216 Å². The van der Waals surface area contributed by atoms with Gasteiger partial charge in [-0.2, -0.15) is 0 Å². The second-order valence-corrected chi connectivity index (χ2v) is 9.18. The molecule has 1 aliphatic heterocycles. The summed E-state index contributed by atoms with van der Waals surface area (Å²) in [6.45, 7) is 2.77. The van der Waals surface area contributed by atoms with Crippen LogP contribution in [0.15, 0.2) is 79.0 Å². The molecule has 4 aromatic rings. The molecular weight excluding hydrogens is 464 g/mol. The Morgan fingerprint density at radius 3 is 2.59 bits per heavy atom. The van der Waals surface area contributed by atoms with Crippen LogP contribution in [0, 0.1) is 0 Å². The molecule has 1 aliphatic rings. The van der Waals surface area contributed by atoms with Crippen molar-refractivity contribution in [2.45, 2.75) is 32.2 Å². The van der Waals surface area contributed by atoms with Gasteiger partial charge < -0.3 is 14.6 Å². The summed E-state index contributed by atoms with van der Waals surface area (Å²) >= 11 is 0. The number of fused-ring (bicyclic) bond motifs is 1. The van der Waals surface area contributed by atoms with E-state index in [0.29, 0.717) is 18.7 Å². The Kier molecular flexibility index (Phi) is 7.03. The highest BCUT2D eigenvalue weighted by Gasteiger charge is 2.32. The number of hydrogen-bond acceptors (Lipinski definition) is 4. The van der Waals surface area contributed by atoms with E-state index in [1.807, 2.05) is 53.4 Å². The number of carbonyl (C=O) groups is 2. The Bertz CT molecular complexity index is 1400. The van der Waals surface area contributed by atoms with E-state index in [-0.39, 0.29) is 11.9 Å². The van der Waals surface area contributed by atoms with E-state index < -0.39 is 6.09 Å². The fraction of sp³-hybridized carbons (Fsp3) is 0.233. The zero-order chi connectivity index (χ0) is 25.8. The summed E-state index contributed by atoms with van der Waals surface area (Å²) < 4.78 is 4.65. The molecule has 7 nitrogen and oxygen atoms in total. The second-order valence-electron chi connectivity index (χ2n) is 9.18. The fourth-order valence-electron chi connectivity index (χ4n) is 4.82. The van der Waals surface area contributed by atoms with Gasteiger partial charge in [0.25, 0.3) is 5.91 Å². The first kappa shape index (κ1) is 24.3. The van der Waals surface area contributed by atoms with Crippen LogP contribution in [-0.4, -0.2) is 40.5 Å². The third-order valence-electron chi connectivity index (χ3n) is 6.88. The van der Waals surface area contributed by atoms with Gasteiger partial charge in [0.1, 0.15) is 5.82 Å². The van der Waals surface area contributed by atoms with Gasteiger partial charge in [-0.15, -0.1) is 0 Å². The van der Waals surface area contributed by atoms with Gasteiger partial charge >= 0.3 is 6.09 Å². The van der Waals surface area contributed by atoms with Crippen molar-refractivity contribution < 1.29 is 14.3 Å². The number of hydrogen-bond donors (Lipinski definition) is 2. The maximum absolute atomic E-state index is 13.7. The topological polar surface area (TPSA) is 87.3 Å². The number of methoxy groups -OCH3 is 1. The van der Waals surface area contributed by atoms with E-state index in [4.69, 9.17) is 4.98 Å². The number of aromatic nitrogens is 2. The number of benzene rings is 3. The van der Waals surface area contributed by atoms with Crippen molar-refractivity contribution in [3.8, 4) is 11.3 Å². The number of carbonyl (C=O) groups excluding carboxylic acids is 2. The molecule has 37 heavy (non-hydrogen) atoms. The van der Waals surface area contributed by atoms with Gasteiger partial charge in [-0.25, -0.2) is 9.78 Å². The largest absolute Gasteiger partial charge is 0.453 e. The molecule has 5 rings (SSSR count). The number of nitrogens with zero attached hydrogens (tertiary/aromatic N) is 2. The van der Waals surface area contributed by atoms with Crippen molar-refractivity contribution in [1.82, 2.24) is 14.9 Å². The van der Waals surface area contributed by atoms with Crippen LogP contribution in [0.5, 0.6) is 0 Å². The number of nitrogens with one attached hydrogen (secondary N) is 2. The average Bonchev–Trinajstić information content (AvgIpc) is 3.43. The molecule has 0 spiro atoms. The van der Waals surface area contributed by atoms with Crippen molar-refractivity contribution in [3.63, 3.8) is 0 Å². The number of ether oxygens (including phenoxy) is 1. The second kappa shape index (κ2) is 10.7. The maximum Gasteiger partial charge on any atom is 0.411 e. The van der Waals surface area contributed by atoms with E-state index in [1.165, 1.54) is 12.7 Å². The van der Waals surface area contributed by atoms with E-state index in [9.17, 15) is 9.59 Å². The lowest BCUT2D eigenvalue weighted by atomic mass is 9.93. The standard InChI is InChI=1S/C30H30N4O3/c1-3-20-9-14-25-23(17-20)15-16-34(29(25)35)27(18-21-7-5-4-6-8-21)28-31-19-26(33-28)22-10-12-24(13-11-22)32-30(36)37-2/h4-14,17,19,27H,3,15-16,18H2,1-2H3,(H,31,33)(H,32,36)/t27-/m0/s1. The first-order valence-electron chi connectivity index (χ1n) is 12.5. The molecule has 0 saturated heterocycles. The van der Waals surface area contributed by atoms with Crippen LogP contribution < -0.4 is 5.32 Å². The first-order valence-corrected chi connectivity index (χ1v) is 12.5. The Balaban J connectivity index is 1.44. The van der Waals surface area contributed by atoms with Crippen molar-refractivity contribution in [2.75, 3.05) is 19.0 Å². The van der Waals surface area contributed by atoms with E-state index in [0.717, 1.165) is 46.6 Å². The quantitative estimate of drug-likeness (QED) is 0.340. The molecule has 1 atom stereocenters.